The van der Waals surface area contributed by atoms with Crippen molar-refractivity contribution in [3.8, 4) is 0 Å². The molecule has 1 fully saturated rings. The Bertz CT molecular complexity index is 137. The van der Waals surface area contributed by atoms with E-state index in [0.717, 1.165) is 19.6 Å². The fourth-order valence-corrected chi connectivity index (χ4v) is 1.48. The Hall–Kier alpha value is -0.550. The molecule has 1 aliphatic heterocycles. The van der Waals surface area contributed by atoms with Crippen LogP contribution in [0.1, 0.15) is 13.3 Å². The van der Waals surface area contributed by atoms with Crippen LogP contribution >= 0.6 is 0 Å². The average Bonchev–Trinajstić information content (AvgIpc) is 2.37. The van der Waals surface area contributed by atoms with E-state index in [1.54, 1.807) is 0 Å². The Morgan fingerprint density at radius 2 is 2.50 bits per heavy atom. The number of likely N-dealkylation sites (tertiary alicyclic amines) is 1. The lowest BCUT2D eigenvalue weighted by Crippen LogP contribution is -2.20. The zero-order valence-electron chi connectivity index (χ0n) is 6.51. The van der Waals surface area contributed by atoms with Gasteiger partial charge >= 0.3 is 0 Å². The zero-order chi connectivity index (χ0) is 7.40. The van der Waals surface area contributed by atoms with Crippen molar-refractivity contribution in [2.24, 2.45) is 5.92 Å². The predicted octanol–water partition coefficient (Wildman–Crippen LogP) is 1.25. The molecule has 1 heterocycles. The summed E-state index contributed by atoms with van der Waals surface area (Å²) in [4.78, 5) is 5.82. The van der Waals surface area contributed by atoms with E-state index in [-0.39, 0.29) is 0 Å². The van der Waals surface area contributed by atoms with E-state index in [1.807, 2.05) is 0 Å². The van der Waals surface area contributed by atoms with Crippen LogP contribution in [0.5, 0.6) is 0 Å². The molecular weight excluding hydrogens is 124 g/mol. The van der Waals surface area contributed by atoms with Gasteiger partial charge in [-0.1, -0.05) is 6.92 Å². The largest absolute Gasteiger partial charge is 0.317 e. The topological polar surface area (TPSA) is 7.60 Å². The van der Waals surface area contributed by atoms with Gasteiger partial charge in [-0.25, -0.2) is 6.57 Å². The molecule has 0 bridgehead atoms. The van der Waals surface area contributed by atoms with Crippen molar-refractivity contribution < 1.29 is 0 Å². The fourth-order valence-electron chi connectivity index (χ4n) is 1.48. The maximum absolute atomic E-state index is 6.70. The lowest BCUT2D eigenvalue weighted by molar-refractivity contribution is 0.346. The van der Waals surface area contributed by atoms with Gasteiger partial charge in [0.05, 0.1) is 0 Å². The predicted molar refractivity (Wildman–Crippen MR) is 41.7 cm³/mol. The summed E-state index contributed by atoms with van der Waals surface area (Å²) in [5.74, 6) is 0.664. The Morgan fingerprint density at radius 3 is 3.00 bits per heavy atom. The summed E-state index contributed by atoms with van der Waals surface area (Å²) in [6, 6.07) is 0. The van der Waals surface area contributed by atoms with Crippen LogP contribution in [0.25, 0.3) is 4.85 Å². The molecule has 1 atom stereocenters. The number of hydrogen-bond donors (Lipinski definition) is 0. The quantitative estimate of drug-likeness (QED) is 0.521. The second kappa shape index (κ2) is 3.58. The van der Waals surface area contributed by atoms with E-state index in [2.05, 4.69) is 16.7 Å². The van der Waals surface area contributed by atoms with Gasteiger partial charge in [-0.15, -0.1) is 0 Å². The van der Waals surface area contributed by atoms with E-state index in [9.17, 15) is 0 Å². The first-order valence-electron chi connectivity index (χ1n) is 3.92. The minimum atomic E-state index is 0.664. The molecule has 1 saturated heterocycles. The van der Waals surface area contributed by atoms with Gasteiger partial charge in [0.2, 0.25) is 6.54 Å². The zero-order valence-corrected chi connectivity index (χ0v) is 6.51. The Balaban J connectivity index is 2.23. The van der Waals surface area contributed by atoms with Crippen LogP contribution in [0.3, 0.4) is 0 Å². The van der Waals surface area contributed by atoms with E-state index in [1.165, 1.54) is 13.0 Å². The summed E-state index contributed by atoms with van der Waals surface area (Å²) >= 11 is 0. The van der Waals surface area contributed by atoms with Crippen molar-refractivity contribution in [3.63, 3.8) is 0 Å². The monoisotopic (exact) mass is 138 g/mol. The highest BCUT2D eigenvalue weighted by molar-refractivity contribution is 4.79. The second-order valence-electron chi connectivity index (χ2n) is 2.89. The van der Waals surface area contributed by atoms with Crippen LogP contribution in [0.15, 0.2) is 0 Å². The van der Waals surface area contributed by atoms with E-state index in [0.29, 0.717) is 5.92 Å². The molecule has 10 heavy (non-hydrogen) atoms. The lowest BCUT2D eigenvalue weighted by atomic mass is 10.1. The molecule has 2 heteroatoms. The van der Waals surface area contributed by atoms with Crippen LogP contribution in [-0.2, 0) is 0 Å². The molecule has 0 aliphatic carbocycles. The highest BCUT2D eigenvalue weighted by atomic mass is 15.1. The van der Waals surface area contributed by atoms with Gasteiger partial charge < -0.3 is 9.74 Å². The van der Waals surface area contributed by atoms with E-state index >= 15 is 0 Å². The first-order valence-corrected chi connectivity index (χ1v) is 3.92. The lowest BCUT2D eigenvalue weighted by Gasteiger charge is -2.09. The summed E-state index contributed by atoms with van der Waals surface area (Å²) in [5.41, 5.74) is 0. The molecule has 1 unspecified atom stereocenters. The van der Waals surface area contributed by atoms with Crippen LogP contribution in [0.2, 0.25) is 0 Å². The van der Waals surface area contributed by atoms with Gasteiger partial charge in [-0.2, -0.15) is 0 Å². The number of rotatable bonds is 2. The van der Waals surface area contributed by atoms with Crippen molar-refractivity contribution in [3.05, 3.63) is 11.4 Å². The van der Waals surface area contributed by atoms with Crippen LogP contribution in [0.4, 0.5) is 0 Å². The molecular formula is C8H14N2. The second-order valence-corrected chi connectivity index (χ2v) is 2.89. The summed E-state index contributed by atoms with van der Waals surface area (Å²) in [6.07, 6.45) is 1.23. The highest BCUT2D eigenvalue weighted by Crippen LogP contribution is 2.15. The maximum Gasteiger partial charge on any atom is 0.218 e. The maximum atomic E-state index is 6.70. The third kappa shape index (κ3) is 1.71. The third-order valence-electron chi connectivity index (χ3n) is 2.17. The van der Waals surface area contributed by atoms with Gasteiger partial charge in [0.1, 0.15) is 0 Å². The molecule has 0 radical (unpaired) electrons. The van der Waals surface area contributed by atoms with Crippen LogP contribution in [0, 0.1) is 12.5 Å². The molecule has 1 rings (SSSR count). The smallest absolute Gasteiger partial charge is 0.218 e. The normalized spacial score (nSPS) is 26.6. The molecule has 2 nitrogen and oxygen atoms in total. The van der Waals surface area contributed by atoms with Gasteiger partial charge in [0.25, 0.3) is 0 Å². The van der Waals surface area contributed by atoms with E-state index in [4.69, 9.17) is 6.57 Å². The van der Waals surface area contributed by atoms with Crippen molar-refractivity contribution >= 4 is 0 Å². The average molecular weight is 138 g/mol. The highest BCUT2D eigenvalue weighted by Gasteiger charge is 2.22. The number of nitrogens with zero attached hydrogens (tertiary/aromatic N) is 2. The molecule has 0 N–H and O–H groups in total. The van der Waals surface area contributed by atoms with Gasteiger partial charge in [-0.05, 0) is 19.5 Å². The van der Waals surface area contributed by atoms with Gasteiger partial charge in [-0.3, -0.25) is 0 Å². The van der Waals surface area contributed by atoms with Crippen LogP contribution < -0.4 is 0 Å². The van der Waals surface area contributed by atoms with E-state index < -0.39 is 0 Å². The molecule has 0 aromatic heterocycles. The first kappa shape index (κ1) is 7.56. The molecule has 0 amide bonds. The Labute approximate surface area is 62.7 Å². The summed E-state index contributed by atoms with van der Waals surface area (Å²) in [6.45, 7) is 13.1. The molecule has 0 saturated carbocycles. The molecule has 0 spiro atoms. The SMILES string of the molecule is [C-]#[N+]CC1CCN(CC)C1. The summed E-state index contributed by atoms with van der Waals surface area (Å²) < 4.78 is 0. The van der Waals surface area contributed by atoms with Gasteiger partial charge in [0.15, 0.2) is 0 Å². The number of hydrogen-bond acceptors (Lipinski definition) is 1. The van der Waals surface area contributed by atoms with Crippen molar-refractivity contribution in [2.45, 2.75) is 13.3 Å². The van der Waals surface area contributed by atoms with Crippen molar-refractivity contribution in [1.82, 2.24) is 4.90 Å². The summed E-state index contributed by atoms with van der Waals surface area (Å²) in [5, 5.41) is 0. The summed E-state index contributed by atoms with van der Waals surface area (Å²) in [7, 11) is 0. The van der Waals surface area contributed by atoms with Crippen molar-refractivity contribution in [2.75, 3.05) is 26.2 Å². The third-order valence-corrected chi connectivity index (χ3v) is 2.17. The van der Waals surface area contributed by atoms with Gasteiger partial charge in [0, 0.05) is 12.5 Å². The Morgan fingerprint density at radius 1 is 1.70 bits per heavy atom. The molecule has 1 aliphatic rings. The molecule has 56 valence electrons. The standard InChI is InChI=1S/C8H14N2/c1-3-10-5-4-8(7-10)6-9-2/h8H,3-7H2,1H3. The first-order chi connectivity index (χ1) is 4.86. The fraction of sp³-hybridized carbons (Fsp3) is 0.875. The Kier molecular flexibility index (Phi) is 2.70. The molecule has 0 aromatic rings. The molecule has 0 aromatic carbocycles. The van der Waals surface area contributed by atoms with Crippen LogP contribution in [-0.4, -0.2) is 31.1 Å². The minimum absolute atomic E-state index is 0.664. The van der Waals surface area contributed by atoms with Crippen molar-refractivity contribution in [1.29, 1.82) is 0 Å². The minimum Gasteiger partial charge on any atom is -0.317 e.